The molecule has 0 spiro atoms. The maximum Gasteiger partial charge on any atom is 0.242 e. The van der Waals surface area contributed by atoms with E-state index in [-0.39, 0.29) is 11.7 Å². The molecule has 1 N–H and O–H groups in total. The summed E-state index contributed by atoms with van der Waals surface area (Å²) in [5, 5.41) is 2.78. The molecule has 0 bridgehead atoms. The third-order valence-electron chi connectivity index (χ3n) is 3.66. The fourth-order valence-corrected chi connectivity index (χ4v) is 4.38. The van der Waals surface area contributed by atoms with Gasteiger partial charge in [0.15, 0.2) is 0 Å². The molecule has 1 aliphatic rings. The third-order valence-corrected chi connectivity index (χ3v) is 5.74. The smallest absolute Gasteiger partial charge is 0.242 e. The van der Waals surface area contributed by atoms with Crippen LogP contribution in [0.25, 0.3) is 0 Å². The molecule has 1 unspecified atom stereocenters. The van der Waals surface area contributed by atoms with Crippen LogP contribution in [0.1, 0.15) is 26.2 Å². The first kappa shape index (κ1) is 16.8. The van der Waals surface area contributed by atoms with Gasteiger partial charge in [-0.05, 0) is 31.4 Å². The lowest BCUT2D eigenvalue weighted by molar-refractivity contribution is -0.119. The normalized spacial score (nSPS) is 19.1. The highest BCUT2D eigenvalue weighted by atomic mass is 32.2. The molecule has 1 atom stereocenters. The highest BCUT2D eigenvalue weighted by Crippen LogP contribution is 2.24. The number of benzene rings is 1. The van der Waals surface area contributed by atoms with E-state index in [0.717, 1.165) is 0 Å². The molecule has 0 saturated carbocycles. The summed E-state index contributed by atoms with van der Waals surface area (Å²) in [7, 11) is -1.81. The van der Waals surface area contributed by atoms with Crippen molar-refractivity contribution in [3.8, 4) is 5.75 Å². The lowest BCUT2D eigenvalue weighted by Crippen LogP contribution is -2.44. The summed E-state index contributed by atoms with van der Waals surface area (Å²) in [6.45, 7) is 2.23. The first-order chi connectivity index (χ1) is 10.5. The average Bonchev–Trinajstić information content (AvgIpc) is 2.98. The minimum absolute atomic E-state index is 0.0793. The van der Waals surface area contributed by atoms with Crippen LogP contribution in [0.5, 0.6) is 5.75 Å². The maximum absolute atomic E-state index is 12.4. The Balaban J connectivity index is 2.11. The number of methoxy groups -OCH3 is 1. The van der Waals surface area contributed by atoms with Gasteiger partial charge in [-0.1, -0.05) is 13.0 Å². The van der Waals surface area contributed by atoms with Gasteiger partial charge in [0, 0.05) is 18.3 Å². The van der Waals surface area contributed by atoms with Gasteiger partial charge in [0.05, 0.1) is 12.9 Å². The second-order valence-corrected chi connectivity index (χ2v) is 7.35. The van der Waals surface area contributed by atoms with Crippen molar-refractivity contribution in [2.75, 3.05) is 24.7 Å². The number of nitrogens with one attached hydrogen (secondary N) is 1. The molecule has 1 aliphatic heterocycles. The Bertz CT molecular complexity index is 630. The first-order valence-electron chi connectivity index (χ1n) is 7.42. The summed E-state index contributed by atoms with van der Waals surface area (Å²) in [5.41, 5.74) is 0.601. The third kappa shape index (κ3) is 3.78. The first-order valence-corrected chi connectivity index (χ1v) is 9.03. The number of anilines is 1. The Kier molecular flexibility index (Phi) is 5.42. The number of ether oxygens (including phenoxy) is 1. The van der Waals surface area contributed by atoms with Gasteiger partial charge in [0.1, 0.15) is 11.8 Å². The van der Waals surface area contributed by atoms with Crippen LogP contribution in [0.3, 0.4) is 0 Å². The summed E-state index contributed by atoms with van der Waals surface area (Å²) in [6.07, 6.45) is 1.81. The van der Waals surface area contributed by atoms with E-state index in [2.05, 4.69) is 5.32 Å². The molecule has 7 heteroatoms. The summed E-state index contributed by atoms with van der Waals surface area (Å²) < 4.78 is 30.9. The monoisotopic (exact) mass is 326 g/mol. The SMILES string of the molecule is CCCS(=O)(=O)N1CCCC1C(=O)Nc1cccc(OC)c1. The van der Waals surface area contributed by atoms with Gasteiger partial charge in [0.2, 0.25) is 15.9 Å². The molecular formula is C15H22N2O4S. The quantitative estimate of drug-likeness (QED) is 0.865. The molecule has 1 aromatic carbocycles. The van der Waals surface area contributed by atoms with Crippen LogP contribution in [0.15, 0.2) is 24.3 Å². The van der Waals surface area contributed by atoms with Crippen molar-refractivity contribution >= 4 is 21.6 Å². The molecule has 0 radical (unpaired) electrons. The maximum atomic E-state index is 12.4. The van der Waals surface area contributed by atoms with E-state index in [4.69, 9.17) is 4.74 Å². The van der Waals surface area contributed by atoms with Crippen LogP contribution in [-0.4, -0.2) is 44.1 Å². The van der Waals surface area contributed by atoms with E-state index >= 15 is 0 Å². The molecule has 1 amide bonds. The van der Waals surface area contributed by atoms with E-state index < -0.39 is 16.1 Å². The van der Waals surface area contributed by atoms with Crippen LogP contribution < -0.4 is 10.1 Å². The van der Waals surface area contributed by atoms with E-state index in [1.807, 2.05) is 6.92 Å². The molecule has 1 saturated heterocycles. The molecule has 0 aliphatic carbocycles. The lowest BCUT2D eigenvalue weighted by Gasteiger charge is -2.23. The molecule has 2 rings (SSSR count). The predicted octanol–water partition coefficient (Wildman–Crippen LogP) is 1.84. The molecule has 1 fully saturated rings. The zero-order valence-electron chi connectivity index (χ0n) is 12.9. The van der Waals surface area contributed by atoms with Crippen LogP contribution in [0.2, 0.25) is 0 Å². The Morgan fingerprint density at radius 1 is 1.45 bits per heavy atom. The minimum Gasteiger partial charge on any atom is -0.497 e. The Hall–Kier alpha value is -1.60. The van der Waals surface area contributed by atoms with E-state index in [1.165, 1.54) is 4.31 Å². The molecule has 0 aromatic heterocycles. The zero-order chi connectivity index (χ0) is 16.2. The lowest BCUT2D eigenvalue weighted by atomic mass is 10.2. The molecule has 122 valence electrons. The van der Waals surface area contributed by atoms with Crippen molar-refractivity contribution in [1.82, 2.24) is 4.31 Å². The van der Waals surface area contributed by atoms with E-state index in [9.17, 15) is 13.2 Å². The molecule has 6 nitrogen and oxygen atoms in total. The highest BCUT2D eigenvalue weighted by Gasteiger charge is 2.38. The Labute approximate surface area is 131 Å². The largest absolute Gasteiger partial charge is 0.497 e. The fourth-order valence-electron chi connectivity index (χ4n) is 2.64. The van der Waals surface area contributed by atoms with Crippen molar-refractivity contribution in [3.63, 3.8) is 0 Å². The van der Waals surface area contributed by atoms with Crippen molar-refractivity contribution in [2.24, 2.45) is 0 Å². The van der Waals surface area contributed by atoms with Crippen LogP contribution >= 0.6 is 0 Å². The topological polar surface area (TPSA) is 75.7 Å². The number of amides is 1. The van der Waals surface area contributed by atoms with Crippen molar-refractivity contribution < 1.29 is 17.9 Å². The van der Waals surface area contributed by atoms with Crippen LogP contribution in [0, 0.1) is 0 Å². The predicted molar refractivity (Wildman–Crippen MR) is 85.4 cm³/mol. The van der Waals surface area contributed by atoms with Gasteiger partial charge in [0.25, 0.3) is 0 Å². The van der Waals surface area contributed by atoms with Crippen molar-refractivity contribution in [2.45, 2.75) is 32.2 Å². The van der Waals surface area contributed by atoms with Crippen LogP contribution in [0.4, 0.5) is 5.69 Å². The standard InChI is InChI=1S/C15H22N2O4S/c1-3-10-22(19,20)17-9-5-8-14(17)15(18)16-12-6-4-7-13(11-12)21-2/h4,6-7,11,14H,3,5,8-10H2,1-2H3,(H,16,18). The van der Waals surface area contributed by atoms with Crippen molar-refractivity contribution in [1.29, 1.82) is 0 Å². The summed E-state index contributed by atoms with van der Waals surface area (Å²) in [6, 6.07) is 6.39. The molecular weight excluding hydrogens is 304 g/mol. The highest BCUT2D eigenvalue weighted by molar-refractivity contribution is 7.89. The minimum atomic E-state index is -3.36. The molecule has 22 heavy (non-hydrogen) atoms. The van der Waals surface area contributed by atoms with Gasteiger partial charge in [-0.15, -0.1) is 0 Å². The molecule has 1 aromatic rings. The van der Waals surface area contributed by atoms with Crippen LogP contribution in [-0.2, 0) is 14.8 Å². The number of carbonyl (C=O) groups excluding carboxylic acids is 1. The van der Waals surface area contributed by atoms with Gasteiger partial charge in [-0.25, -0.2) is 8.42 Å². The summed E-state index contributed by atoms with van der Waals surface area (Å²) in [5.74, 6) is 0.431. The Morgan fingerprint density at radius 2 is 2.23 bits per heavy atom. The number of hydrogen-bond acceptors (Lipinski definition) is 4. The van der Waals surface area contributed by atoms with Gasteiger partial charge < -0.3 is 10.1 Å². The summed E-state index contributed by atoms with van der Waals surface area (Å²) >= 11 is 0. The Morgan fingerprint density at radius 3 is 2.91 bits per heavy atom. The van der Waals surface area contributed by atoms with Gasteiger partial charge in [-0.2, -0.15) is 4.31 Å². The summed E-state index contributed by atoms with van der Waals surface area (Å²) in [4.78, 5) is 12.4. The number of carbonyl (C=O) groups is 1. The number of hydrogen-bond donors (Lipinski definition) is 1. The van der Waals surface area contributed by atoms with E-state index in [0.29, 0.717) is 37.2 Å². The van der Waals surface area contributed by atoms with Crippen molar-refractivity contribution in [3.05, 3.63) is 24.3 Å². The number of rotatable bonds is 6. The fraction of sp³-hybridized carbons (Fsp3) is 0.533. The van der Waals surface area contributed by atoms with Gasteiger partial charge in [-0.3, -0.25) is 4.79 Å². The van der Waals surface area contributed by atoms with E-state index in [1.54, 1.807) is 31.4 Å². The second kappa shape index (κ2) is 7.11. The number of nitrogens with zero attached hydrogens (tertiary/aromatic N) is 1. The van der Waals surface area contributed by atoms with Gasteiger partial charge >= 0.3 is 0 Å². The number of sulfonamides is 1. The zero-order valence-corrected chi connectivity index (χ0v) is 13.7. The second-order valence-electron chi connectivity index (χ2n) is 5.31. The molecule has 1 heterocycles. The average molecular weight is 326 g/mol.